The van der Waals surface area contributed by atoms with Gasteiger partial charge in [0.2, 0.25) is 10.0 Å². The zero-order chi connectivity index (χ0) is 20.3. The molecule has 0 fully saturated rings. The Morgan fingerprint density at radius 3 is 2.29 bits per heavy atom. The third kappa shape index (κ3) is 3.85. The fraction of sp³-hybridized carbons (Fsp3) is 0.0952. The summed E-state index contributed by atoms with van der Waals surface area (Å²) < 4.78 is 42.5. The van der Waals surface area contributed by atoms with Crippen LogP contribution < -0.4 is 0 Å². The minimum Gasteiger partial charge on any atom is -0.207 e. The average molecular weight is 459 g/mol. The summed E-state index contributed by atoms with van der Waals surface area (Å²) in [6, 6.07) is 20.9. The maximum atomic E-state index is 14.0. The van der Waals surface area contributed by atoms with Crippen LogP contribution in [0.15, 0.2) is 82.2 Å². The number of hydrogen-bond donors (Lipinski definition) is 0. The van der Waals surface area contributed by atoms with Gasteiger partial charge < -0.3 is 0 Å². The Hall–Kier alpha value is -2.53. The van der Waals surface area contributed by atoms with Gasteiger partial charge in [0.05, 0.1) is 16.5 Å². The quantitative estimate of drug-likeness (QED) is 0.547. The van der Waals surface area contributed by atoms with Crippen molar-refractivity contribution in [2.75, 3.05) is 7.05 Å². The van der Waals surface area contributed by atoms with Crippen molar-refractivity contribution in [3.63, 3.8) is 0 Å². The van der Waals surface area contributed by atoms with E-state index in [0.29, 0.717) is 0 Å². The van der Waals surface area contributed by atoms with E-state index in [1.165, 1.54) is 23.5 Å². The van der Waals surface area contributed by atoms with Crippen molar-refractivity contribution < 1.29 is 12.8 Å². The highest BCUT2D eigenvalue weighted by atomic mass is 79.9. The van der Waals surface area contributed by atoms with Gasteiger partial charge in [-0.15, -0.1) is 0 Å². The largest absolute Gasteiger partial charge is 0.243 e. The van der Waals surface area contributed by atoms with Crippen molar-refractivity contribution in [1.29, 1.82) is 5.26 Å². The first-order valence-corrected chi connectivity index (χ1v) is 10.6. The zero-order valence-electron chi connectivity index (χ0n) is 14.9. The van der Waals surface area contributed by atoms with Crippen molar-refractivity contribution in [2.24, 2.45) is 0 Å². The van der Waals surface area contributed by atoms with Gasteiger partial charge >= 0.3 is 0 Å². The first kappa shape index (κ1) is 20.2. The number of nitriles is 1. The molecule has 0 heterocycles. The minimum absolute atomic E-state index is 0.202. The van der Waals surface area contributed by atoms with Crippen molar-refractivity contribution in [1.82, 2.24) is 4.31 Å². The third-order valence-electron chi connectivity index (χ3n) is 4.42. The lowest BCUT2D eigenvalue weighted by Crippen LogP contribution is -2.32. The van der Waals surface area contributed by atoms with Crippen LogP contribution in [0.4, 0.5) is 4.39 Å². The average Bonchev–Trinajstić information content (AvgIpc) is 2.70. The third-order valence-corrected chi connectivity index (χ3v) is 6.96. The molecule has 3 aromatic carbocycles. The van der Waals surface area contributed by atoms with Gasteiger partial charge in [-0.3, -0.25) is 0 Å². The molecule has 0 amide bonds. The highest BCUT2D eigenvalue weighted by Gasteiger charge is 2.31. The summed E-state index contributed by atoms with van der Waals surface area (Å²) in [5.41, 5.74) is 1.33. The number of benzene rings is 3. The molecule has 1 atom stereocenters. The lowest BCUT2D eigenvalue weighted by molar-refractivity contribution is 0.416. The Labute approximate surface area is 172 Å². The standard InChI is InChI=1S/C21H16BrFN2O2S/c1-25(28(26,27)17-12-11-16(14-24)20(23)13-17)21(15-7-3-2-4-8-15)18-9-5-6-10-19(18)22/h2-13,21H,1H3. The van der Waals surface area contributed by atoms with Crippen molar-refractivity contribution in [3.05, 3.63) is 99.8 Å². The molecular formula is C21H16BrFN2O2S. The molecule has 0 spiro atoms. The fourth-order valence-corrected chi connectivity index (χ4v) is 4.81. The normalized spacial score (nSPS) is 12.5. The van der Waals surface area contributed by atoms with Gasteiger partial charge in [0, 0.05) is 11.5 Å². The van der Waals surface area contributed by atoms with Crippen LogP contribution in [0.25, 0.3) is 0 Å². The summed E-state index contributed by atoms with van der Waals surface area (Å²) in [5.74, 6) is -0.867. The molecule has 4 nitrogen and oxygen atoms in total. The molecule has 0 bridgehead atoms. The Bertz CT molecular complexity index is 1140. The number of sulfonamides is 1. The minimum atomic E-state index is -4.04. The van der Waals surface area contributed by atoms with Gasteiger partial charge in [0.25, 0.3) is 0 Å². The zero-order valence-corrected chi connectivity index (χ0v) is 17.3. The number of nitrogens with zero attached hydrogens (tertiary/aromatic N) is 2. The Balaban J connectivity index is 2.14. The van der Waals surface area contributed by atoms with Gasteiger partial charge in [-0.2, -0.15) is 9.57 Å². The van der Waals surface area contributed by atoms with E-state index in [0.717, 1.165) is 21.7 Å². The molecule has 3 aromatic rings. The second kappa shape index (κ2) is 8.23. The Morgan fingerprint density at radius 2 is 1.68 bits per heavy atom. The number of rotatable bonds is 5. The molecule has 1 unspecified atom stereocenters. The predicted molar refractivity (Wildman–Crippen MR) is 108 cm³/mol. The SMILES string of the molecule is CN(C(c1ccccc1)c1ccccc1Br)S(=O)(=O)c1ccc(C#N)c(F)c1. The summed E-state index contributed by atoms with van der Waals surface area (Å²) >= 11 is 3.50. The molecule has 3 rings (SSSR count). The molecule has 7 heteroatoms. The Kier molecular flexibility index (Phi) is 5.94. The number of hydrogen-bond acceptors (Lipinski definition) is 3. The van der Waals surface area contributed by atoms with Crippen molar-refractivity contribution in [2.45, 2.75) is 10.9 Å². The van der Waals surface area contributed by atoms with E-state index in [4.69, 9.17) is 5.26 Å². The van der Waals surface area contributed by atoms with Gasteiger partial charge in [-0.25, -0.2) is 12.8 Å². The molecule has 0 aliphatic carbocycles. The maximum Gasteiger partial charge on any atom is 0.243 e. The second-order valence-corrected chi connectivity index (χ2v) is 8.96. The van der Waals surface area contributed by atoms with Crippen LogP contribution in [0.2, 0.25) is 0 Å². The molecule has 0 aliphatic rings. The molecule has 28 heavy (non-hydrogen) atoms. The van der Waals surface area contributed by atoms with Crippen LogP contribution in [0.3, 0.4) is 0 Å². The van der Waals surface area contributed by atoms with Crippen LogP contribution >= 0.6 is 15.9 Å². The van der Waals surface area contributed by atoms with Crippen LogP contribution in [0, 0.1) is 17.1 Å². The van der Waals surface area contributed by atoms with Gasteiger partial charge in [-0.05, 0) is 35.4 Å². The topological polar surface area (TPSA) is 61.2 Å². The highest BCUT2D eigenvalue weighted by molar-refractivity contribution is 9.10. The van der Waals surface area contributed by atoms with E-state index in [1.54, 1.807) is 6.07 Å². The lowest BCUT2D eigenvalue weighted by Gasteiger charge is -2.29. The van der Waals surface area contributed by atoms with Crippen LogP contribution in [-0.4, -0.2) is 19.8 Å². The monoisotopic (exact) mass is 458 g/mol. The predicted octanol–water partition coefficient (Wildman–Crippen LogP) is 4.87. The van der Waals surface area contributed by atoms with Crippen molar-refractivity contribution in [3.8, 4) is 6.07 Å². The van der Waals surface area contributed by atoms with Gasteiger partial charge in [0.1, 0.15) is 11.9 Å². The summed E-state index contributed by atoms with van der Waals surface area (Å²) in [5, 5.41) is 8.88. The van der Waals surface area contributed by atoms with E-state index >= 15 is 0 Å². The lowest BCUT2D eigenvalue weighted by atomic mass is 9.99. The van der Waals surface area contributed by atoms with E-state index < -0.39 is 21.9 Å². The summed E-state index contributed by atoms with van der Waals surface area (Å²) in [6.07, 6.45) is 0. The maximum absolute atomic E-state index is 14.0. The van der Waals surface area contributed by atoms with E-state index in [2.05, 4.69) is 15.9 Å². The van der Waals surface area contributed by atoms with Crippen LogP contribution in [0.1, 0.15) is 22.7 Å². The van der Waals surface area contributed by atoms with Crippen LogP contribution in [-0.2, 0) is 10.0 Å². The highest BCUT2D eigenvalue weighted by Crippen LogP contribution is 2.35. The summed E-state index contributed by atoms with van der Waals surface area (Å²) in [4.78, 5) is -0.209. The van der Waals surface area contributed by atoms with Gasteiger partial charge in [-0.1, -0.05) is 64.5 Å². The molecule has 0 N–H and O–H groups in total. The first-order chi connectivity index (χ1) is 13.4. The van der Waals surface area contributed by atoms with Crippen molar-refractivity contribution >= 4 is 26.0 Å². The molecule has 0 aromatic heterocycles. The molecular weight excluding hydrogens is 443 g/mol. The fourth-order valence-electron chi connectivity index (χ4n) is 2.97. The second-order valence-electron chi connectivity index (χ2n) is 6.11. The summed E-state index contributed by atoms with van der Waals surface area (Å²) in [6.45, 7) is 0. The van der Waals surface area contributed by atoms with E-state index in [1.807, 2.05) is 54.6 Å². The molecule has 0 saturated heterocycles. The van der Waals surface area contributed by atoms with Gasteiger partial charge in [0.15, 0.2) is 0 Å². The first-order valence-electron chi connectivity index (χ1n) is 8.33. The molecule has 0 saturated carbocycles. The molecule has 142 valence electrons. The van der Waals surface area contributed by atoms with E-state index in [-0.39, 0.29) is 10.5 Å². The Morgan fingerprint density at radius 1 is 1.04 bits per heavy atom. The smallest absolute Gasteiger partial charge is 0.207 e. The van der Waals surface area contributed by atoms with Crippen LogP contribution in [0.5, 0.6) is 0 Å². The molecule has 0 aliphatic heterocycles. The molecule has 0 radical (unpaired) electrons. The summed E-state index contributed by atoms with van der Waals surface area (Å²) in [7, 11) is -2.57. The number of halogens is 2. The van der Waals surface area contributed by atoms with E-state index in [9.17, 15) is 12.8 Å².